The number of alkyl halides is 3. The van der Waals surface area contributed by atoms with E-state index < -0.39 is 12.1 Å². The van der Waals surface area contributed by atoms with Gasteiger partial charge in [0.15, 0.2) is 0 Å². The zero-order valence-electron chi connectivity index (χ0n) is 13.3. The zero-order chi connectivity index (χ0) is 15.5. The Hall–Kier alpha value is -0.290. The first kappa shape index (κ1) is 17.1. The van der Waals surface area contributed by atoms with E-state index in [9.17, 15) is 13.2 Å². The average molecular weight is 306 g/mol. The maximum atomic E-state index is 12.7. The van der Waals surface area contributed by atoms with Crippen LogP contribution in [0.5, 0.6) is 0 Å². The summed E-state index contributed by atoms with van der Waals surface area (Å²) in [5, 5.41) is 3.41. The van der Waals surface area contributed by atoms with E-state index in [1.165, 1.54) is 25.7 Å². The number of nitrogens with one attached hydrogen (secondary N) is 1. The Morgan fingerprint density at radius 2 is 1.76 bits per heavy atom. The number of halogens is 3. The molecule has 1 N–H and O–H groups in total. The molecule has 3 unspecified atom stereocenters. The van der Waals surface area contributed by atoms with Crippen molar-refractivity contribution in [3.05, 3.63) is 0 Å². The minimum absolute atomic E-state index is 0.275. The van der Waals surface area contributed by atoms with Crippen LogP contribution in [0.4, 0.5) is 13.2 Å². The maximum Gasteiger partial charge on any atom is 0.391 e. The Bertz CT molecular complexity index is 311. The standard InChI is InChI=1S/C16H29F3N2/c1-3-12-4-5-15(20-2)13(10-12)11-21-8-6-14(7-9-21)16(17,18)19/h12-15,20H,3-11H2,1-2H3. The van der Waals surface area contributed by atoms with E-state index in [1.54, 1.807) is 0 Å². The van der Waals surface area contributed by atoms with Crippen LogP contribution in [0.1, 0.15) is 45.4 Å². The minimum atomic E-state index is -4.00. The number of hydrogen-bond donors (Lipinski definition) is 1. The Kier molecular flexibility index (Phi) is 5.95. The van der Waals surface area contributed by atoms with Crippen molar-refractivity contribution < 1.29 is 13.2 Å². The number of likely N-dealkylation sites (tertiary alicyclic amines) is 1. The largest absolute Gasteiger partial charge is 0.391 e. The minimum Gasteiger partial charge on any atom is -0.317 e. The first-order chi connectivity index (χ1) is 9.94. The molecule has 2 rings (SSSR count). The van der Waals surface area contributed by atoms with Gasteiger partial charge in [-0.25, -0.2) is 0 Å². The third kappa shape index (κ3) is 4.59. The normalized spacial score (nSPS) is 33.3. The van der Waals surface area contributed by atoms with Crippen molar-refractivity contribution in [3.63, 3.8) is 0 Å². The highest BCUT2D eigenvalue weighted by molar-refractivity contribution is 4.87. The molecule has 1 aliphatic heterocycles. The zero-order valence-corrected chi connectivity index (χ0v) is 13.3. The summed E-state index contributed by atoms with van der Waals surface area (Å²) < 4.78 is 38.1. The lowest BCUT2D eigenvalue weighted by molar-refractivity contribution is -0.185. The molecule has 1 aliphatic carbocycles. The van der Waals surface area contributed by atoms with Gasteiger partial charge < -0.3 is 10.2 Å². The van der Waals surface area contributed by atoms with Crippen LogP contribution in [-0.4, -0.2) is 43.8 Å². The van der Waals surface area contributed by atoms with Gasteiger partial charge >= 0.3 is 6.18 Å². The van der Waals surface area contributed by atoms with Crippen LogP contribution in [0, 0.1) is 17.8 Å². The molecule has 2 fully saturated rings. The maximum absolute atomic E-state index is 12.7. The predicted octanol–water partition coefficient (Wildman–Crippen LogP) is 3.68. The van der Waals surface area contributed by atoms with Crippen LogP contribution < -0.4 is 5.32 Å². The highest BCUT2D eigenvalue weighted by Gasteiger charge is 2.41. The Labute approximate surface area is 126 Å². The molecule has 0 aromatic carbocycles. The van der Waals surface area contributed by atoms with Gasteiger partial charge in [0.05, 0.1) is 5.92 Å². The fraction of sp³-hybridized carbons (Fsp3) is 1.00. The molecular weight excluding hydrogens is 277 g/mol. The number of hydrogen-bond acceptors (Lipinski definition) is 2. The molecule has 0 spiro atoms. The molecule has 2 aliphatic rings. The van der Waals surface area contributed by atoms with Gasteiger partial charge in [-0.1, -0.05) is 13.3 Å². The van der Waals surface area contributed by atoms with Gasteiger partial charge in [-0.2, -0.15) is 13.2 Å². The highest BCUT2D eigenvalue weighted by Crippen LogP contribution is 2.36. The van der Waals surface area contributed by atoms with Crippen LogP contribution in [0.25, 0.3) is 0 Å². The van der Waals surface area contributed by atoms with Crippen molar-refractivity contribution in [1.29, 1.82) is 0 Å². The molecule has 0 radical (unpaired) electrons. The van der Waals surface area contributed by atoms with Gasteiger partial charge in [0.1, 0.15) is 0 Å². The Morgan fingerprint density at radius 1 is 1.10 bits per heavy atom. The second-order valence-electron chi connectivity index (χ2n) is 6.86. The SMILES string of the molecule is CCC1CCC(NC)C(CN2CCC(C(F)(F)F)CC2)C1. The van der Waals surface area contributed by atoms with Crippen molar-refractivity contribution >= 4 is 0 Å². The summed E-state index contributed by atoms with van der Waals surface area (Å²) in [7, 11) is 2.01. The topological polar surface area (TPSA) is 15.3 Å². The van der Waals surface area contributed by atoms with Crippen LogP contribution in [0.2, 0.25) is 0 Å². The molecule has 3 atom stereocenters. The second-order valence-corrected chi connectivity index (χ2v) is 6.86. The summed E-state index contributed by atoms with van der Waals surface area (Å²) in [6, 6.07) is 0.535. The van der Waals surface area contributed by atoms with Crippen LogP contribution in [-0.2, 0) is 0 Å². The molecule has 0 aromatic rings. The third-order valence-corrected chi connectivity index (χ3v) is 5.58. The molecule has 1 saturated heterocycles. The quantitative estimate of drug-likeness (QED) is 0.852. The van der Waals surface area contributed by atoms with Crippen LogP contribution in [0.15, 0.2) is 0 Å². The molecule has 1 saturated carbocycles. The number of nitrogens with zero attached hydrogens (tertiary/aromatic N) is 1. The summed E-state index contributed by atoms with van der Waals surface area (Å²) >= 11 is 0. The number of rotatable bonds is 4. The van der Waals surface area contributed by atoms with E-state index >= 15 is 0 Å². The Morgan fingerprint density at radius 3 is 2.29 bits per heavy atom. The summed E-state index contributed by atoms with van der Waals surface area (Å²) in [6.45, 7) is 4.42. The highest BCUT2D eigenvalue weighted by atomic mass is 19.4. The van der Waals surface area contributed by atoms with Gasteiger partial charge in [-0.05, 0) is 64.1 Å². The average Bonchev–Trinajstić information content (AvgIpc) is 2.46. The van der Waals surface area contributed by atoms with Gasteiger partial charge in [-0.3, -0.25) is 0 Å². The molecule has 5 heteroatoms. The van der Waals surface area contributed by atoms with E-state index in [2.05, 4.69) is 17.1 Å². The van der Waals surface area contributed by atoms with Gasteiger partial charge in [0.25, 0.3) is 0 Å². The van der Waals surface area contributed by atoms with Gasteiger partial charge in [-0.15, -0.1) is 0 Å². The lowest BCUT2D eigenvalue weighted by Crippen LogP contribution is -2.47. The van der Waals surface area contributed by atoms with Gasteiger partial charge in [0, 0.05) is 12.6 Å². The van der Waals surface area contributed by atoms with E-state index in [4.69, 9.17) is 0 Å². The second kappa shape index (κ2) is 7.32. The lowest BCUT2D eigenvalue weighted by atomic mass is 9.76. The molecule has 21 heavy (non-hydrogen) atoms. The molecular formula is C16H29F3N2. The van der Waals surface area contributed by atoms with Crippen molar-refractivity contribution in [3.8, 4) is 0 Å². The molecule has 1 heterocycles. The summed E-state index contributed by atoms with van der Waals surface area (Å²) in [5.41, 5.74) is 0. The first-order valence-corrected chi connectivity index (χ1v) is 8.40. The van der Waals surface area contributed by atoms with E-state index in [0.717, 1.165) is 12.5 Å². The number of piperidine rings is 1. The summed E-state index contributed by atoms with van der Waals surface area (Å²) in [6.07, 6.45) is 1.49. The van der Waals surface area contributed by atoms with Crippen molar-refractivity contribution in [2.45, 2.75) is 57.7 Å². The van der Waals surface area contributed by atoms with Crippen molar-refractivity contribution in [2.75, 3.05) is 26.7 Å². The van der Waals surface area contributed by atoms with Gasteiger partial charge in [0.2, 0.25) is 0 Å². The lowest BCUT2D eigenvalue weighted by Gasteiger charge is -2.41. The fourth-order valence-electron chi connectivity index (χ4n) is 4.09. The van der Waals surface area contributed by atoms with E-state index in [-0.39, 0.29) is 12.8 Å². The molecule has 2 nitrogen and oxygen atoms in total. The predicted molar refractivity (Wildman–Crippen MR) is 79.2 cm³/mol. The summed E-state index contributed by atoms with van der Waals surface area (Å²) in [5.74, 6) is 0.312. The Balaban J connectivity index is 1.83. The van der Waals surface area contributed by atoms with E-state index in [1.807, 2.05) is 7.05 Å². The van der Waals surface area contributed by atoms with Crippen LogP contribution >= 0.6 is 0 Å². The van der Waals surface area contributed by atoms with Crippen molar-refractivity contribution in [1.82, 2.24) is 10.2 Å². The fourth-order valence-corrected chi connectivity index (χ4v) is 4.09. The van der Waals surface area contributed by atoms with E-state index in [0.29, 0.717) is 25.0 Å². The first-order valence-electron chi connectivity index (χ1n) is 8.40. The molecule has 0 aromatic heterocycles. The monoisotopic (exact) mass is 306 g/mol. The van der Waals surface area contributed by atoms with Crippen LogP contribution in [0.3, 0.4) is 0 Å². The molecule has 0 bridgehead atoms. The molecule has 124 valence electrons. The summed E-state index contributed by atoms with van der Waals surface area (Å²) in [4.78, 5) is 2.26. The third-order valence-electron chi connectivity index (χ3n) is 5.58. The smallest absolute Gasteiger partial charge is 0.317 e. The molecule has 0 amide bonds. The van der Waals surface area contributed by atoms with Crippen molar-refractivity contribution in [2.24, 2.45) is 17.8 Å².